The minimum atomic E-state index is -3.66. The Labute approximate surface area is 143 Å². The standard InChI is InChI=1S/C16H25N3O4S/c1-11-15(12(2)23-17-11)24(21,22)18(3)10-16-8-5-6-13(16)19(4)14(20)7-9-16/h13H,5-10H2,1-4H3/t13-,16+/m1/s1. The lowest BCUT2D eigenvalue weighted by atomic mass is 9.75. The number of rotatable bonds is 4. The average Bonchev–Trinajstić information content (AvgIpc) is 3.08. The van der Waals surface area contributed by atoms with E-state index >= 15 is 0 Å². The summed E-state index contributed by atoms with van der Waals surface area (Å²) in [5.41, 5.74) is 0.236. The summed E-state index contributed by atoms with van der Waals surface area (Å²) in [7, 11) is -0.202. The molecule has 1 aromatic heterocycles. The van der Waals surface area contributed by atoms with Crippen molar-refractivity contribution in [2.45, 2.75) is 56.9 Å². The van der Waals surface area contributed by atoms with Crippen LogP contribution in [0.3, 0.4) is 0 Å². The Balaban J connectivity index is 1.89. The maximum absolute atomic E-state index is 13.0. The number of aryl methyl sites for hydroxylation is 2. The van der Waals surface area contributed by atoms with Crippen LogP contribution in [0.15, 0.2) is 9.42 Å². The fourth-order valence-electron chi connectivity index (χ4n) is 4.51. The second-order valence-corrected chi connectivity index (χ2v) is 9.17. The fourth-order valence-corrected chi connectivity index (χ4v) is 6.06. The molecular weight excluding hydrogens is 330 g/mol. The zero-order valence-corrected chi connectivity index (χ0v) is 15.5. The first-order valence-electron chi connectivity index (χ1n) is 8.34. The maximum atomic E-state index is 13.0. The van der Waals surface area contributed by atoms with E-state index < -0.39 is 10.0 Å². The Kier molecular flexibility index (Phi) is 4.24. The van der Waals surface area contributed by atoms with Crippen LogP contribution in [0.2, 0.25) is 0 Å². The van der Waals surface area contributed by atoms with Gasteiger partial charge in [0, 0.05) is 38.5 Å². The smallest absolute Gasteiger partial charge is 0.248 e. The number of hydrogen-bond acceptors (Lipinski definition) is 5. The van der Waals surface area contributed by atoms with Gasteiger partial charge in [-0.1, -0.05) is 11.6 Å². The van der Waals surface area contributed by atoms with Gasteiger partial charge in [-0.25, -0.2) is 12.7 Å². The third kappa shape index (κ3) is 2.56. The fraction of sp³-hybridized carbons (Fsp3) is 0.750. The van der Waals surface area contributed by atoms with Crippen LogP contribution >= 0.6 is 0 Å². The van der Waals surface area contributed by atoms with Crippen molar-refractivity contribution in [2.75, 3.05) is 20.6 Å². The van der Waals surface area contributed by atoms with Gasteiger partial charge in [-0.15, -0.1) is 0 Å². The molecule has 1 aliphatic carbocycles. The topological polar surface area (TPSA) is 83.7 Å². The minimum Gasteiger partial charge on any atom is -0.360 e. The lowest BCUT2D eigenvalue weighted by Crippen LogP contribution is -2.54. The highest BCUT2D eigenvalue weighted by Crippen LogP contribution is 2.48. The van der Waals surface area contributed by atoms with E-state index in [2.05, 4.69) is 5.16 Å². The van der Waals surface area contributed by atoms with Crippen molar-refractivity contribution in [3.8, 4) is 0 Å². The van der Waals surface area contributed by atoms with Crippen molar-refractivity contribution in [3.63, 3.8) is 0 Å². The van der Waals surface area contributed by atoms with Crippen molar-refractivity contribution in [1.29, 1.82) is 0 Å². The molecule has 0 bridgehead atoms. The molecule has 3 rings (SSSR count). The minimum absolute atomic E-state index is 0.126. The number of fused-ring (bicyclic) bond motifs is 1. The Morgan fingerprint density at radius 1 is 1.38 bits per heavy atom. The van der Waals surface area contributed by atoms with Crippen molar-refractivity contribution in [1.82, 2.24) is 14.4 Å². The zero-order valence-electron chi connectivity index (χ0n) is 14.7. The summed E-state index contributed by atoms with van der Waals surface area (Å²) in [6.45, 7) is 3.67. The van der Waals surface area contributed by atoms with Crippen LogP contribution in [0.5, 0.6) is 0 Å². The van der Waals surface area contributed by atoms with Crippen LogP contribution in [-0.2, 0) is 14.8 Å². The molecule has 0 unspecified atom stereocenters. The van der Waals surface area contributed by atoms with Gasteiger partial charge in [-0.05, 0) is 33.1 Å². The van der Waals surface area contributed by atoms with E-state index in [4.69, 9.17) is 4.52 Å². The third-order valence-corrected chi connectivity index (χ3v) is 7.78. The van der Waals surface area contributed by atoms with E-state index in [0.29, 0.717) is 24.4 Å². The summed E-state index contributed by atoms with van der Waals surface area (Å²) in [5.74, 6) is 0.476. The zero-order chi connectivity index (χ0) is 17.7. The van der Waals surface area contributed by atoms with Crippen molar-refractivity contribution in [3.05, 3.63) is 11.5 Å². The maximum Gasteiger partial charge on any atom is 0.248 e. The van der Waals surface area contributed by atoms with Crippen molar-refractivity contribution < 1.29 is 17.7 Å². The third-order valence-electron chi connectivity index (χ3n) is 5.73. The van der Waals surface area contributed by atoms with Crippen LogP contribution in [0.25, 0.3) is 0 Å². The highest BCUT2D eigenvalue weighted by Gasteiger charge is 2.50. The van der Waals surface area contributed by atoms with Gasteiger partial charge in [0.15, 0.2) is 5.76 Å². The number of aromatic nitrogens is 1. The van der Waals surface area contributed by atoms with Crippen LogP contribution in [0, 0.1) is 19.3 Å². The van der Waals surface area contributed by atoms with E-state index in [-0.39, 0.29) is 22.3 Å². The van der Waals surface area contributed by atoms with Gasteiger partial charge in [0.2, 0.25) is 15.9 Å². The van der Waals surface area contributed by atoms with Crippen LogP contribution < -0.4 is 0 Å². The molecule has 24 heavy (non-hydrogen) atoms. The van der Waals surface area contributed by atoms with Gasteiger partial charge >= 0.3 is 0 Å². The Hall–Kier alpha value is -1.41. The molecule has 134 valence electrons. The van der Waals surface area contributed by atoms with E-state index in [1.165, 1.54) is 4.31 Å². The molecule has 2 aliphatic rings. The van der Waals surface area contributed by atoms with Crippen LogP contribution in [0.4, 0.5) is 0 Å². The summed E-state index contributed by atoms with van der Waals surface area (Å²) in [5, 5.41) is 3.76. The quantitative estimate of drug-likeness (QED) is 0.821. The lowest BCUT2D eigenvalue weighted by molar-refractivity contribution is -0.139. The molecule has 0 spiro atoms. The number of piperidine rings is 1. The number of nitrogens with zero attached hydrogens (tertiary/aromatic N) is 3. The van der Waals surface area contributed by atoms with Gasteiger partial charge in [0.05, 0.1) is 0 Å². The number of amides is 1. The summed E-state index contributed by atoms with van der Waals surface area (Å²) in [4.78, 5) is 14.0. The first-order chi connectivity index (χ1) is 11.2. The number of likely N-dealkylation sites (tertiary alicyclic amines) is 1. The van der Waals surface area contributed by atoms with Gasteiger partial charge in [-0.2, -0.15) is 0 Å². The summed E-state index contributed by atoms with van der Waals surface area (Å²) in [6, 6.07) is 0.126. The lowest BCUT2D eigenvalue weighted by Gasteiger charge is -2.46. The molecule has 1 aromatic rings. The van der Waals surface area contributed by atoms with E-state index in [1.807, 2.05) is 11.9 Å². The number of carbonyl (C=O) groups excluding carboxylic acids is 1. The summed E-state index contributed by atoms with van der Waals surface area (Å²) in [6.07, 6.45) is 4.17. The Morgan fingerprint density at radius 2 is 2.08 bits per heavy atom. The molecule has 7 nitrogen and oxygen atoms in total. The molecule has 2 heterocycles. The normalized spacial score (nSPS) is 27.8. The molecule has 1 saturated heterocycles. The number of carbonyl (C=O) groups is 1. The van der Waals surface area contributed by atoms with Gasteiger partial charge in [-0.3, -0.25) is 4.79 Å². The Bertz CT molecular complexity index is 738. The molecule has 8 heteroatoms. The van der Waals surface area contributed by atoms with Crippen molar-refractivity contribution in [2.24, 2.45) is 5.41 Å². The molecule has 2 fully saturated rings. The van der Waals surface area contributed by atoms with Crippen LogP contribution in [0.1, 0.15) is 43.6 Å². The number of hydrogen-bond donors (Lipinski definition) is 0. The highest BCUT2D eigenvalue weighted by atomic mass is 32.2. The van der Waals surface area contributed by atoms with Gasteiger partial charge in [0.1, 0.15) is 10.6 Å². The highest BCUT2D eigenvalue weighted by molar-refractivity contribution is 7.89. The molecule has 0 N–H and O–H groups in total. The second kappa shape index (κ2) is 5.84. The van der Waals surface area contributed by atoms with Gasteiger partial charge < -0.3 is 9.42 Å². The van der Waals surface area contributed by atoms with Crippen LogP contribution in [-0.4, -0.2) is 55.4 Å². The van der Waals surface area contributed by atoms with E-state index in [0.717, 1.165) is 25.7 Å². The number of sulfonamides is 1. The predicted octanol–water partition coefficient (Wildman–Crippen LogP) is 1.70. The molecule has 1 aliphatic heterocycles. The molecule has 0 aromatic carbocycles. The second-order valence-electron chi connectivity index (χ2n) is 7.19. The summed E-state index contributed by atoms with van der Waals surface area (Å²) < 4.78 is 32.4. The largest absolute Gasteiger partial charge is 0.360 e. The van der Waals surface area contributed by atoms with Crippen molar-refractivity contribution >= 4 is 15.9 Å². The van der Waals surface area contributed by atoms with E-state index in [1.54, 1.807) is 20.9 Å². The SMILES string of the molecule is Cc1noc(C)c1S(=O)(=O)N(C)C[C@@]12CCC[C@H]1N(C)C(=O)CC2. The first-order valence-corrected chi connectivity index (χ1v) is 9.78. The molecule has 0 radical (unpaired) electrons. The molecular formula is C16H25N3O4S. The summed E-state index contributed by atoms with van der Waals surface area (Å²) >= 11 is 0. The monoisotopic (exact) mass is 355 g/mol. The molecule has 1 amide bonds. The van der Waals surface area contributed by atoms with Gasteiger partial charge in [0.25, 0.3) is 0 Å². The average molecular weight is 355 g/mol. The molecule has 1 saturated carbocycles. The van der Waals surface area contributed by atoms with E-state index in [9.17, 15) is 13.2 Å². The predicted molar refractivity (Wildman–Crippen MR) is 87.9 cm³/mol. The first kappa shape index (κ1) is 17.4. The Morgan fingerprint density at radius 3 is 2.71 bits per heavy atom. The molecule has 2 atom stereocenters.